The van der Waals surface area contributed by atoms with Crippen molar-refractivity contribution in [2.45, 2.75) is 32.4 Å². The Hall–Kier alpha value is -1.47. The zero-order valence-electron chi connectivity index (χ0n) is 12.7. The van der Waals surface area contributed by atoms with Gasteiger partial charge in [-0.15, -0.1) is 0 Å². The smallest absolute Gasteiger partial charge is 0.263 e. The molecule has 1 aromatic rings. The molecule has 2 atom stereocenters. The molecule has 0 bridgehead atoms. The van der Waals surface area contributed by atoms with Crippen LogP contribution >= 0.6 is 11.6 Å². The molecule has 0 aliphatic carbocycles. The van der Waals surface area contributed by atoms with E-state index in [2.05, 4.69) is 5.32 Å². The second kappa shape index (κ2) is 6.34. The average molecular weight is 347 g/mol. The van der Waals surface area contributed by atoms with E-state index in [-0.39, 0.29) is 18.5 Å². The summed E-state index contributed by atoms with van der Waals surface area (Å²) < 4.78 is 30.8. The van der Waals surface area contributed by atoms with Crippen molar-refractivity contribution in [2.75, 3.05) is 17.1 Å². The Bertz CT molecular complexity index is 677. The zero-order valence-corrected chi connectivity index (χ0v) is 14.2. The molecule has 0 fully saturated rings. The van der Waals surface area contributed by atoms with Gasteiger partial charge in [-0.2, -0.15) is 0 Å². The SMILES string of the molecule is CC[C@H](C)NC(=O)[C@H]1CN(S(C)(=O)=O)c2cc(Cl)ccc2O1. The predicted molar refractivity (Wildman–Crippen MR) is 86.0 cm³/mol. The molecule has 1 aromatic carbocycles. The lowest BCUT2D eigenvalue weighted by Crippen LogP contribution is -2.51. The van der Waals surface area contributed by atoms with Gasteiger partial charge in [0.25, 0.3) is 5.91 Å². The molecule has 0 unspecified atom stereocenters. The molecule has 0 spiro atoms. The van der Waals surface area contributed by atoms with Gasteiger partial charge >= 0.3 is 0 Å². The number of carbonyl (C=O) groups excluding carboxylic acids is 1. The fraction of sp³-hybridized carbons (Fsp3) is 0.500. The molecule has 1 aliphatic heterocycles. The summed E-state index contributed by atoms with van der Waals surface area (Å²) in [7, 11) is -3.54. The number of rotatable bonds is 4. The normalized spacial score (nSPS) is 19.1. The summed E-state index contributed by atoms with van der Waals surface area (Å²) in [6, 6.07) is 4.67. The quantitative estimate of drug-likeness (QED) is 0.901. The van der Waals surface area contributed by atoms with Crippen molar-refractivity contribution < 1.29 is 17.9 Å². The molecule has 2 rings (SSSR count). The molecule has 0 aromatic heterocycles. The Balaban J connectivity index is 2.33. The first-order valence-electron chi connectivity index (χ1n) is 6.96. The fourth-order valence-corrected chi connectivity index (χ4v) is 3.19. The predicted octanol–water partition coefficient (Wildman–Crippen LogP) is 1.78. The van der Waals surface area contributed by atoms with E-state index in [0.717, 1.165) is 17.0 Å². The second-order valence-electron chi connectivity index (χ2n) is 5.33. The number of anilines is 1. The largest absolute Gasteiger partial charge is 0.476 e. The molecule has 1 heterocycles. The summed E-state index contributed by atoms with van der Waals surface area (Å²) in [4.78, 5) is 12.2. The number of carbonyl (C=O) groups is 1. The highest BCUT2D eigenvalue weighted by Crippen LogP contribution is 2.37. The van der Waals surface area contributed by atoms with E-state index in [0.29, 0.717) is 16.5 Å². The number of hydrogen-bond donors (Lipinski definition) is 1. The van der Waals surface area contributed by atoms with Crippen molar-refractivity contribution in [1.29, 1.82) is 0 Å². The van der Waals surface area contributed by atoms with Crippen molar-refractivity contribution in [3.63, 3.8) is 0 Å². The minimum Gasteiger partial charge on any atom is -0.476 e. The number of nitrogens with one attached hydrogen (secondary N) is 1. The van der Waals surface area contributed by atoms with Crippen molar-refractivity contribution in [1.82, 2.24) is 5.32 Å². The van der Waals surface area contributed by atoms with Crippen molar-refractivity contribution in [3.05, 3.63) is 23.2 Å². The highest BCUT2D eigenvalue weighted by molar-refractivity contribution is 7.92. The number of halogens is 1. The van der Waals surface area contributed by atoms with Gasteiger partial charge < -0.3 is 10.1 Å². The van der Waals surface area contributed by atoms with Gasteiger partial charge in [-0.25, -0.2) is 8.42 Å². The van der Waals surface area contributed by atoms with Crippen LogP contribution in [0.3, 0.4) is 0 Å². The van der Waals surface area contributed by atoms with E-state index in [1.54, 1.807) is 12.1 Å². The summed E-state index contributed by atoms with van der Waals surface area (Å²) >= 11 is 5.92. The lowest BCUT2D eigenvalue weighted by Gasteiger charge is -2.34. The third-order valence-corrected chi connectivity index (χ3v) is 4.87. The number of nitrogens with zero attached hydrogens (tertiary/aromatic N) is 1. The first-order chi connectivity index (χ1) is 10.2. The van der Waals surface area contributed by atoms with Crippen LogP contribution in [0, 0.1) is 0 Å². The highest BCUT2D eigenvalue weighted by atomic mass is 35.5. The van der Waals surface area contributed by atoms with Gasteiger partial charge in [0.15, 0.2) is 6.10 Å². The molecule has 1 N–H and O–H groups in total. The van der Waals surface area contributed by atoms with Crippen molar-refractivity contribution >= 4 is 33.2 Å². The van der Waals surface area contributed by atoms with Crippen molar-refractivity contribution in [3.8, 4) is 5.75 Å². The van der Waals surface area contributed by atoms with E-state index >= 15 is 0 Å². The molecular formula is C14H19ClN2O4S. The van der Waals surface area contributed by atoms with Gasteiger partial charge in [0.05, 0.1) is 18.5 Å². The molecule has 1 aliphatic rings. The Morgan fingerprint density at radius 2 is 2.23 bits per heavy atom. The zero-order chi connectivity index (χ0) is 16.5. The lowest BCUT2D eigenvalue weighted by atomic mass is 10.2. The van der Waals surface area contributed by atoms with Crippen LogP contribution in [0.15, 0.2) is 18.2 Å². The van der Waals surface area contributed by atoms with Crippen LogP contribution in [-0.2, 0) is 14.8 Å². The first kappa shape index (κ1) is 16.9. The van der Waals surface area contributed by atoms with Crippen LogP contribution < -0.4 is 14.4 Å². The lowest BCUT2D eigenvalue weighted by molar-refractivity contribution is -0.128. The molecule has 0 radical (unpaired) electrons. The maximum atomic E-state index is 12.2. The number of fused-ring (bicyclic) bond motifs is 1. The minimum absolute atomic E-state index is 0.00519. The molecule has 0 saturated carbocycles. The topological polar surface area (TPSA) is 75.7 Å². The van der Waals surface area contributed by atoms with Crippen LogP contribution in [0.2, 0.25) is 5.02 Å². The van der Waals surface area contributed by atoms with Crippen LogP contribution in [0.4, 0.5) is 5.69 Å². The van der Waals surface area contributed by atoms with E-state index < -0.39 is 16.1 Å². The van der Waals surface area contributed by atoms with Crippen LogP contribution in [0.25, 0.3) is 0 Å². The number of ether oxygens (including phenoxy) is 1. The van der Waals surface area contributed by atoms with Gasteiger partial charge in [-0.05, 0) is 31.5 Å². The molecule has 8 heteroatoms. The van der Waals surface area contributed by atoms with Crippen LogP contribution in [-0.4, -0.2) is 39.3 Å². The maximum absolute atomic E-state index is 12.2. The monoisotopic (exact) mass is 346 g/mol. The third kappa shape index (κ3) is 3.64. The molecule has 122 valence electrons. The molecule has 0 saturated heterocycles. The van der Waals surface area contributed by atoms with E-state index in [1.807, 2.05) is 13.8 Å². The van der Waals surface area contributed by atoms with E-state index in [9.17, 15) is 13.2 Å². The Morgan fingerprint density at radius 3 is 2.82 bits per heavy atom. The number of amides is 1. The van der Waals surface area contributed by atoms with Crippen molar-refractivity contribution in [2.24, 2.45) is 0 Å². The standard InChI is InChI=1S/C14H19ClN2O4S/c1-4-9(2)16-14(18)13-8-17(22(3,19)20)11-7-10(15)5-6-12(11)21-13/h5-7,9,13H,4,8H2,1-3H3,(H,16,18)/t9-,13+/m0/s1. The van der Waals surface area contributed by atoms with E-state index in [4.69, 9.17) is 16.3 Å². The number of sulfonamides is 1. The molecule has 22 heavy (non-hydrogen) atoms. The van der Waals surface area contributed by atoms with Crippen LogP contribution in [0.1, 0.15) is 20.3 Å². The van der Waals surface area contributed by atoms with Gasteiger partial charge in [0.1, 0.15) is 5.75 Å². The summed E-state index contributed by atoms with van der Waals surface area (Å²) in [6.45, 7) is 3.75. The fourth-order valence-electron chi connectivity index (χ4n) is 2.11. The van der Waals surface area contributed by atoms with Crippen LogP contribution in [0.5, 0.6) is 5.75 Å². The minimum atomic E-state index is -3.54. The van der Waals surface area contributed by atoms with Gasteiger partial charge in [0.2, 0.25) is 10.0 Å². The molecule has 6 nitrogen and oxygen atoms in total. The second-order valence-corrected chi connectivity index (χ2v) is 7.67. The van der Waals surface area contributed by atoms with E-state index in [1.165, 1.54) is 6.07 Å². The summed E-state index contributed by atoms with van der Waals surface area (Å²) in [5.41, 5.74) is 0.350. The summed E-state index contributed by atoms with van der Waals surface area (Å²) in [5.74, 6) is -0.00558. The summed E-state index contributed by atoms with van der Waals surface area (Å²) in [6.07, 6.45) is 0.977. The molecule has 1 amide bonds. The number of benzene rings is 1. The average Bonchev–Trinajstić information content (AvgIpc) is 2.44. The molecular weight excluding hydrogens is 328 g/mol. The van der Waals surface area contributed by atoms with Gasteiger partial charge in [-0.1, -0.05) is 18.5 Å². The van der Waals surface area contributed by atoms with Gasteiger partial charge in [-0.3, -0.25) is 9.10 Å². The Labute approximate surface area is 135 Å². The van der Waals surface area contributed by atoms with Gasteiger partial charge in [0, 0.05) is 11.1 Å². The maximum Gasteiger partial charge on any atom is 0.263 e. The Morgan fingerprint density at radius 1 is 1.55 bits per heavy atom. The summed E-state index contributed by atoms with van der Waals surface area (Å²) in [5, 5.41) is 3.20. The number of hydrogen-bond acceptors (Lipinski definition) is 4. The highest BCUT2D eigenvalue weighted by Gasteiger charge is 2.35. The first-order valence-corrected chi connectivity index (χ1v) is 9.19. The Kier molecular flexibility index (Phi) is 4.87. The third-order valence-electron chi connectivity index (χ3n) is 3.48.